The van der Waals surface area contributed by atoms with E-state index in [1.165, 1.54) is 12.1 Å². The van der Waals surface area contributed by atoms with Crippen LogP contribution in [0, 0.1) is 0 Å². The molecule has 0 aliphatic heterocycles. The summed E-state index contributed by atoms with van der Waals surface area (Å²) in [5, 5.41) is 4.45. The van der Waals surface area contributed by atoms with Gasteiger partial charge in [-0.15, -0.1) is 0 Å². The van der Waals surface area contributed by atoms with E-state index in [4.69, 9.17) is 23.2 Å². The molecule has 1 N–H and O–H groups in total. The fourth-order valence-corrected chi connectivity index (χ4v) is 2.98. The maximum absolute atomic E-state index is 12.7. The van der Waals surface area contributed by atoms with Crippen LogP contribution in [0.4, 0.5) is 13.2 Å². The first kappa shape index (κ1) is 20.0. The highest BCUT2D eigenvalue weighted by Crippen LogP contribution is 2.30. The molecule has 0 bridgehead atoms. The number of hydrogen-bond acceptors (Lipinski definition) is 2. The molecule has 0 heterocycles. The predicted octanol–water partition coefficient (Wildman–Crippen LogP) is 5.40. The van der Waals surface area contributed by atoms with Crippen molar-refractivity contribution in [3.63, 3.8) is 0 Å². The Morgan fingerprint density at radius 1 is 1.04 bits per heavy atom. The zero-order valence-electron chi connectivity index (χ0n) is 13.9. The van der Waals surface area contributed by atoms with E-state index >= 15 is 0 Å². The number of nitrogens with one attached hydrogen (secondary N) is 1. The summed E-state index contributed by atoms with van der Waals surface area (Å²) in [6.07, 6.45) is -4.32. The lowest BCUT2D eigenvalue weighted by Crippen LogP contribution is -2.31. The molecule has 1 atom stereocenters. The lowest BCUT2D eigenvalue weighted by atomic mass is 10.0. The summed E-state index contributed by atoms with van der Waals surface area (Å²) in [5.41, 5.74) is 1.08. The molecule has 2 aromatic rings. The number of alkyl halides is 3. The van der Waals surface area contributed by atoms with E-state index in [9.17, 15) is 13.2 Å². The van der Waals surface area contributed by atoms with Crippen LogP contribution < -0.4 is 5.32 Å². The fraction of sp³-hybridized carbons (Fsp3) is 0.333. The summed E-state index contributed by atoms with van der Waals surface area (Å²) in [4.78, 5) is 1.96. The van der Waals surface area contributed by atoms with Gasteiger partial charge >= 0.3 is 6.18 Å². The molecule has 0 spiro atoms. The number of nitrogens with zero attached hydrogens (tertiary/aromatic N) is 1. The summed E-state index contributed by atoms with van der Waals surface area (Å²) >= 11 is 12.0. The molecule has 0 aromatic heterocycles. The van der Waals surface area contributed by atoms with Gasteiger partial charge in [-0.05, 0) is 49.5 Å². The maximum atomic E-state index is 12.7. The van der Waals surface area contributed by atoms with Crippen molar-refractivity contribution in [1.29, 1.82) is 0 Å². The van der Waals surface area contributed by atoms with Gasteiger partial charge in [-0.25, -0.2) is 0 Å². The highest BCUT2D eigenvalue weighted by molar-refractivity contribution is 6.35. The summed E-state index contributed by atoms with van der Waals surface area (Å²) in [7, 11) is 3.78. The molecule has 0 fully saturated rings. The van der Waals surface area contributed by atoms with Crippen molar-refractivity contribution in [2.75, 3.05) is 20.6 Å². The lowest BCUT2D eigenvalue weighted by molar-refractivity contribution is -0.137. The van der Waals surface area contributed by atoms with E-state index in [1.54, 1.807) is 12.1 Å². The SMILES string of the molecule is CN(C)C(CNCc1ccc(Cl)cc1Cl)c1ccc(C(F)(F)F)cc1. The van der Waals surface area contributed by atoms with E-state index in [-0.39, 0.29) is 6.04 Å². The van der Waals surface area contributed by atoms with E-state index in [1.807, 2.05) is 25.1 Å². The minimum absolute atomic E-state index is 0.0617. The van der Waals surface area contributed by atoms with Gasteiger partial charge in [-0.3, -0.25) is 0 Å². The zero-order chi connectivity index (χ0) is 18.6. The van der Waals surface area contributed by atoms with Crippen LogP contribution in [0.15, 0.2) is 42.5 Å². The number of halogens is 5. The monoisotopic (exact) mass is 390 g/mol. The van der Waals surface area contributed by atoms with Crippen LogP contribution in [-0.2, 0) is 12.7 Å². The third kappa shape index (κ3) is 5.61. The van der Waals surface area contributed by atoms with Crippen molar-refractivity contribution in [3.05, 3.63) is 69.2 Å². The summed E-state index contributed by atoms with van der Waals surface area (Å²) in [6, 6.07) is 10.5. The fourth-order valence-electron chi connectivity index (χ4n) is 2.50. The molecule has 2 rings (SSSR count). The highest BCUT2D eigenvalue weighted by Gasteiger charge is 2.30. The van der Waals surface area contributed by atoms with Crippen LogP contribution in [0.25, 0.3) is 0 Å². The van der Waals surface area contributed by atoms with Gasteiger partial charge in [0.05, 0.1) is 5.56 Å². The minimum atomic E-state index is -4.32. The zero-order valence-corrected chi connectivity index (χ0v) is 15.4. The molecule has 0 aliphatic carbocycles. The van der Waals surface area contributed by atoms with Crippen LogP contribution in [0.3, 0.4) is 0 Å². The average Bonchev–Trinajstić information content (AvgIpc) is 2.52. The standard InChI is InChI=1S/C18H19Cl2F3N2/c1-25(2)17(12-3-6-14(7-4-12)18(21,22)23)11-24-10-13-5-8-15(19)9-16(13)20/h3-9,17,24H,10-11H2,1-2H3. The number of benzene rings is 2. The van der Waals surface area contributed by atoms with Crippen molar-refractivity contribution < 1.29 is 13.2 Å². The van der Waals surface area contributed by atoms with Crippen molar-refractivity contribution in [2.45, 2.75) is 18.8 Å². The highest BCUT2D eigenvalue weighted by atomic mass is 35.5. The first-order valence-corrected chi connectivity index (χ1v) is 8.42. The second-order valence-corrected chi connectivity index (χ2v) is 6.81. The predicted molar refractivity (Wildman–Crippen MR) is 96.0 cm³/mol. The molecular weight excluding hydrogens is 372 g/mol. The van der Waals surface area contributed by atoms with E-state index in [0.717, 1.165) is 23.3 Å². The molecule has 0 saturated carbocycles. The van der Waals surface area contributed by atoms with Gasteiger partial charge in [0.1, 0.15) is 0 Å². The molecule has 0 saturated heterocycles. The Bertz CT molecular complexity index is 700. The third-order valence-corrected chi connectivity index (χ3v) is 4.50. The van der Waals surface area contributed by atoms with Crippen LogP contribution in [0.5, 0.6) is 0 Å². The molecule has 25 heavy (non-hydrogen) atoms. The normalized spacial score (nSPS) is 13.3. The van der Waals surface area contributed by atoms with Gasteiger partial charge in [-0.1, -0.05) is 41.4 Å². The molecule has 0 radical (unpaired) electrons. The molecular formula is C18H19Cl2F3N2. The molecule has 0 amide bonds. The van der Waals surface area contributed by atoms with Gasteiger partial charge in [0.2, 0.25) is 0 Å². The van der Waals surface area contributed by atoms with Gasteiger partial charge in [0.15, 0.2) is 0 Å². The molecule has 136 valence electrons. The van der Waals surface area contributed by atoms with E-state index in [2.05, 4.69) is 5.32 Å². The first-order chi connectivity index (χ1) is 11.7. The molecule has 1 unspecified atom stereocenters. The van der Waals surface area contributed by atoms with E-state index in [0.29, 0.717) is 23.1 Å². The van der Waals surface area contributed by atoms with Crippen molar-refractivity contribution in [2.24, 2.45) is 0 Å². The minimum Gasteiger partial charge on any atom is -0.311 e. The number of likely N-dealkylation sites (N-methyl/N-ethyl adjacent to an activating group) is 1. The van der Waals surface area contributed by atoms with Crippen LogP contribution in [-0.4, -0.2) is 25.5 Å². The first-order valence-electron chi connectivity index (χ1n) is 7.66. The summed E-state index contributed by atoms with van der Waals surface area (Å²) < 4.78 is 38.1. The van der Waals surface area contributed by atoms with E-state index < -0.39 is 11.7 Å². The van der Waals surface area contributed by atoms with Crippen molar-refractivity contribution in [1.82, 2.24) is 10.2 Å². The van der Waals surface area contributed by atoms with Gasteiger partial charge in [-0.2, -0.15) is 13.2 Å². The summed E-state index contributed by atoms with van der Waals surface area (Å²) in [5.74, 6) is 0. The topological polar surface area (TPSA) is 15.3 Å². The summed E-state index contributed by atoms with van der Waals surface area (Å²) in [6.45, 7) is 1.11. The second-order valence-electron chi connectivity index (χ2n) is 5.97. The Morgan fingerprint density at radius 2 is 1.68 bits per heavy atom. The smallest absolute Gasteiger partial charge is 0.311 e. The Morgan fingerprint density at radius 3 is 2.20 bits per heavy atom. The number of rotatable bonds is 6. The molecule has 2 nitrogen and oxygen atoms in total. The van der Waals surface area contributed by atoms with Crippen molar-refractivity contribution >= 4 is 23.2 Å². The Kier molecular flexibility index (Phi) is 6.74. The Hall–Kier alpha value is -1.27. The molecule has 7 heteroatoms. The quantitative estimate of drug-likeness (QED) is 0.709. The largest absolute Gasteiger partial charge is 0.416 e. The second kappa shape index (κ2) is 8.41. The average molecular weight is 391 g/mol. The maximum Gasteiger partial charge on any atom is 0.416 e. The van der Waals surface area contributed by atoms with Gasteiger partial charge < -0.3 is 10.2 Å². The van der Waals surface area contributed by atoms with Crippen LogP contribution in [0.2, 0.25) is 10.0 Å². The van der Waals surface area contributed by atoms with Crippen LogP contribution >= 0.6 is 23.2 Å². The number of hydrogen-bond donors (Lipinski definition) is 1. The molecule has 0 aliphatic rings. The van der Waals surface area contributed by atoms with Crippen LogP contribution in [0.1, 0.15) is 22.7 Å². The van der Waals surface area contributed by atoms with Crippen molar-refractivity contribution in [3.8, 4) is 0 Å². The Labute approximate surface area is 155 Å². The third-order valence-electron chi connectivity index (χ3n) is 3.91. The van der Waals surface area contributed by atoms with Gasteiger partial charge in [0.25, 0.3) is 0 Å². The lowest BCUT2D eigenvalue weighted by Gasteiger charge is -2.25. The Balaban J connectivity index is 2.03. The molecule has 2 aromatic carbocycles. The van der Waals surface area contributed by atoms with Gasteiger partial charge in [0, 0.05) is 29.2 Å².